The average molecular weight is 183 g/mol. The van der Waals surface area contributed by atoms with Crippen molar-refractivity contribution >= 4 is 5.97 Å². The van der Waals surface area contributed by atoms with Gasteiger partial charge in [-0.1, -0.05) is 0 Å². The first kappa shape index (κ1) is 9.73. The minimum absolute atomic E-state index is 0.0112. The molecule has 13 heavy (non-hydrogen) atoms. The van der Waals surface area contributed by atoms with Crippen molar-refractivity contribution in [3.05, 3.63) is 17.7 Å². The highest BCUT2D eigenvalue weighted by atomic mass is 16.4. The summed E-state index contributed by atoms with van der Waals surface area (Å²) >= 11 is 0. The number of nitrogens with two attached hydrogens (primary N) is 1. The Morgan fingerprint density at radius 2 is 2.46 bits per heavy atom. The lowest BCUT2D eigenvalue weighted by Gasteiger charge is -2.05. The predicted molar refractivity (Wildman–Crippen MR) is 47.5 cm³/mol. The van der Waals surface area contributed by atoms with Gasteiger partial charge in [0.25, 0.3) is 0 Å². The van der Waals surface area contributed by atoms with E-state index in [1.54, 1.807) is 17.8 Å². The molecule has 1 heterocycles. The van der Waals surface area contributed by atoms with Crippen LogP contribution < -0.4 is 5.73 Å². The summed E-state index contributed by atoms with van der Waals surface area (Å²) in [4.78, 5) is 14.4. The van der Waals surface area contributed by atoms with Crippen LogP contribution in [-0.2, 0) is 13.5 Å². The SMILES string of the molecule is C[C@@H](N)Cc1cnc(C(=O)O)n1C. The Labute approximate surface area is 76.2 Å². The number of aromatic nitrogens is 2. The number of aromatic carboxylic acids is 1. The normalized spacial score (nSPS) is 12.8. The molecule has 0 radical (unpaired) electrons. The third-order valence-electron chi connectivity index (χ3n) is 1.81. The Morgan fingerprint density at radius 1 is 1.85 bits per heavy atom. The van der Waals surface area contributed by atoms with Crippen molar-refractivity contribution in [2.24, 2.45) is 12.8 Å². The molecule has 0 aromatic carbocycles. The van der Waals surface area contributed by atoms with Crippen LogP contribution in [0.5, 0.6) is 0 Å². The molecular weight excluding hydrogens is 170 g/mol. The third kappa shape index (κ3) is 2.06. The first-order valence-electron chi connectivity index (χ1n) is 4.02. The summed E-state index contributed by atoms with van der Waals surface area (Å²) in [6.45, 7) is 1.87. The molecule has 0 amide bonds. The molecule has 0 aliphatic carbocycles. The zero-order valence-corrected chi connectivity index (χ0v) is 7.69. The van der Waals surface area contributed by atoms with Crippen molar-refractivity contribution in [3.63, 3.8) is 0 Å². The lowest BCUT2D eigenvalue weighted by Crippen LogP contribution is -2.20. The molecule has 1 aromatic rings. The Balaban J connectivity index is 2.93. The van der Waals surface area contributed by atoms with Gasteiger partial charge in [-0.05, 0) is 6.92 Å². The number of hydrogen-bond acceptors (Lipinski definition) is 3. The summed E-state index contributed by atoms with van der Waals surface area (Å²) in [7, 11) is 1.67. The topological polar surface area (TPSA) is 81.1 Å². The predicted octanol–water partition coefficient (Wildman–Crippen LogP) is 0.00800. The van der Waals surface area contributed by atoms with Gasteiger partial charge in [0.2, 0.25) is 5.82 Å². The molecule has 0 bridgehead atoms. The number of nitrogens with zero attached hydrogens (tertiary/aromatic N) is 2. The number of imidazole rings is 1. The highest BCUT2D eigenvalue weighted by Crippen LogP contribution is 2.05. The van der Waals surface area contributed by atoms with E-state index in [-0.39, 0.29) is 11.9 Å². The molecule has 0 unspecified atom stereocenters. The maximum Gasteiger partial charge on any atom is 0.372 e. The molecule has 0 aliphatic heterocycles. The first-order valence-corrected chi connectivity index (χ1v) is 4.02. The highest BCUT2D eigenvalue weighted by Gasteiger charge is 2.13. The van der Waals surface area contributed by atoms with Gasteiger partial charge in [0.15, 0.2) is 0 Å². The molecule has 0 spiro atoms. The van der Waals surface area contributed by atoms with Gasteiger partial charge in [0, 0.05) is 31.4 Å². The molecule has 3 N–H and O–H groups in total. The van der Waals surface area contributed by atoms with E-state index in [1.807, 2.05) is 6.92 Å². The van der Waals surface area contributed by atoms with Gasteiger partial charge in [0.05, 0.1) is 0 Å². The van der Waals surface area contributed by atoms with E-state index in [1.165, 1.54) is 0 Å². The van der Waals surface area contributed by atoms with Crippen LogP contribution in [0.3, 0.4) is 0 Å². The number of rotatable bonds is 3. The lowest BCUT2D eigenvalue weighted by molar-refractivity contribution is 0.0679. The van der Waals surface area contributed by atoms with E-state index in [0.29, 0.717) is 6.42 Å². The minimum Gasteiger partial charge on any atom is -0.475 e. The monoisotopic (exact) mass is 183 g/mol. The van der Waals surface area contributed by atoms with Crippen LogP contribution in [0.15, 0.2) is 6.20 Å². The summed E-state index contributed by atoms with van der Waals surface area (Å²) in [5.74, 6) is -0.964. The van der Waals surface area contributed by atoms with Crippen LogP contribution in [0.2, 0.25) is 0 Å². The summed E-state index contributed by atoms with van der Waals surface area (Å²) < 4.78 is 1.55. The van der Waals surface area contributed by atoms with Crippen molar-refractivity contribution in [2.45, 2.75) is 19.4 Å². The summed E-state index contributed by atoms with van der Waals surface area (Å²) in [6.07, 6.45) is 2.18. The number of carboxylic acid groups (broad SMARTS) is 1. The lowest BCUT2D eigenvalue weighted by atomic mass is 10.2. The van der Waals surface area contributed by atoms with Crippen molar-refractivity contribution < 1.29 is 9.90 Å². The molecule has 1 rings (SSSR count). The van der Waals surface area contributed by atoms with E-state index < -0.39 is 5.97 Å². The van der Waals surface area contributed by atoms with Gasteiger partial charge in [0.1, 0.15) is 0 Å². The Bertz CT molecular complexity index is 317. The van der Waals surface area contributed by atoms with E-state index in [0.717, 1.165) is 5.69 Å². The highest BCUT2D eigenvalue weighted by molar-refractivity contribution is 5.83. The van der Waals surface area contributed by atoms with E-state index in [9.17, 15) is 4.79 Å². The largest absolute Gasteiger partial charge is 0.475 e. The Hall–Kier alpha value is -1.36. The first-order chi connectivity index (χ1) is 6.02. The molecule has 0 saturated heterocycles. The second-order valence-corrected chi connectivity index (χ2v) is 3.12. The van der Waals surface area contributed by atoms with Crippen LogP contribution in [0.1, 0.15) is 23.2 Å². The minimum atomic E-state index is -1.02. The average Bonchev–Trinajstić information content (AvgIpc) is 2.32. The Kier molecular flexibility index (Phi) is 2.67. The maximum absolute atomic E-state index is 10.6. The molecule has 0 fully saturated rings. The fraction of sp³-hybridized carbons (Fsp3) is 0.500. The molecule has 0 aliphatic rings. The van der Waals surface area contributed by atoms with Crippen molar-refractivity contribution in [3.8, 4) is 0 Å². The van der Waals surface area contributed by atoms with Crippen molar-refractivity contribution in [1.29, 1.82) is 0 Å². The second-order valence-electron chi connectivity index (χ2n) is 3.12. The summed E-state index contributed by atoms with van der Waals surface area (Å²) in [6, 6.07) is 0.0112. The van der Waals surface area contributed by atoms with Crippen LogP contribution >= 0.6 is 0 Å². The second kappa shape index (κ2) is 3.57. The molecule has 1 aromatic heterocycles. The summed E-state index contributed by atoms with van der Waals surface area (Å²) in [5, 5.41) is 8.70. The van der Waals surface area contributed by atoms with Gasteiger partial charge < -0.3 is 15.4 Å². The van der Waals surface area contributed by atoms with Gasteiger partial charge in [-0.15, -0.1) is 0 Å². The molecule has 5 nitrogen and oxygen atoms in total. The zero-order valence-electron chi connectivity index (χ0n) is 7.69. The third-order valence-corrected chi connectivity index (χ3v) is 1.81. The van der Waals surface area contributed by atoms with Crippen LogP contribution in [0, 0.1) is 0 Å². The molecular formula is C8H13N3O2. The van der Waals surface area contributed by atoms with Gasteiger partial charge in [-0.2, -0.15) is 0 Å². The summed E-state index contributed by atoms with van der Waals surface area (Å²) in [5.41, 5.74) is 6.43. The van der Waals surface area contributed by atoms with Gasteiger partial charge in [-0.3, -0.25) is 0 Å². The zero-order chi connectivity index (χ0) is 10.0. The fourth-order valence-corrected chi connectivity index (χ4v) is 1.16. The van der Waals surface area contributed by atoms with E-state index >= 15 is 0 Å². The van der Waals surface area contributed by atoms with Crippen LogP contribution in [0.25, 0.3) is 0 Å². The van der Waals surface area contributed by atoms with Crippen molar-refractivity contribution in [1.82, 2.24) is 9.55 Å². The van der Waals surface area contributed by atoms with Crippen molar-refractivity contribution in [2.75, 3.05) is 0 Å². The van der Waals surface area contributed by atoms with E-state index in [2.05, 4.69) is 4.98 Å². The smallest absolute Gasteiger partial charge is 0.372 e. The van der Waals surface area contributed by atoms with Crippen LogP contribution in [-0.4, -0.2) is 26.7 Å². The fourth-order valence-electron chi connectivity index (χ4n) is 1.16. The quantitative estimate of drug-likeness (QED) is 0.691. The molecule has 5 heteroatoms. The van der Waals surface area contributed by atoms with Gasteiger partial charge >= 0.3 is 5.97 Å². The number of carbonyl (C=O) groups is 1. The maximum atomic E-state index is 10.6. The number of hydrogen-bond donors (Lipinski definition) is 2. The molecule has 1 atom stereocenters. The van der Waals surface area contributed by atoms with E-state index in [4.69, 9.17) is 10.8 Å². The standard InChI is InChI=1S/C8H13N3O2/c1-5(9)3-6-4-10-7(8(12)13)11(6)2/h4-5H,3,9H2,1-2H3,(H,12,13)/t5-/m1/s1. The number of carboxylic acids is 1. The van der Waals surface area contributed by atoms with Gasteiger partial charge in [-0.25, -0.2) is 9.78 Å². The Morgan fingerprint density at radius 3 is 2.85 bits per heavy atom. The molecule has 0 saturated carbocycles. The molecule has 72 valence electrons. The van der Waals surface area contributed by atoms with Crippen LogP contribution in [0.4, 0.5) is 0 Å².